The summed E-state index contributed by atoms with van der Waals surface area (Å²) in [5.74, 6) is 0. The fourth-order valence-corrected chi connectivity index (χ4v) is 5.03. The van der Waals surface area contributed by atoms with E-state index in [9.17, 15) is 8.42 Å². The van der Waals surface area contributed by atoms with E-state index in [0.29, 0.717) is 18.8 Å². The van der Waals surface area contributed by atoms with Crippen LogP contribution in [0, 0.1) is 0 Å². The summed E-state index contributed by atoms with van der Waals surface area (Å²) in [6.45, 7) is 4.48. The van der Waals surface area contributed by atoms with Gasteiger partial charge in [0.2, 0.25) is 0 Å². The molecular formula is C19H25N3O3S. The van der Waals surface area contributed by atoms with Gasteiger partial charge in [-0.2, -0.15) is 17.0 Å². The maximum absolute atomic E-state index is 13.3. The lowest BCUT2D eigenvalue weighted by molar-refractivity contribution is -0.0454. The van der Waals surface area contributed by atoms with Gasteiger partial charge in [-0.3, -0.25) is 4.98 Å². The van der Waals surface area contributed by atoms with Crippen LogP contribution >= 0.6 is 0 Å². The Morgan fingerprint density at radius 2 is 1.69 bits per heavy atom. The Bertz CT molecular complexity index is 765. The summed E-state index contributed by atoms with van der Waals surface area (Å²) in [5.41, 5.74) is 1.57. The third-order valence-electron chi connectivity index (χ3n) is 4.52. The molecule has 26 heavy (non-hydrogen) atoms. The summed E-state index contributed by atoms with van der Waals surface area (Å²) < 4.78 is 35.3. The van der Waals surface area contributed by atoms with Gasteiger partial charge in [0, 0.05) is 26.3 Å². The van der Waals surface area contributed by atoms with Crippen LogP contribution in [-0.2, 0) is 14.9 Å². The highest BCUT2D eigenvalue weighted by Gasteiger charge is 2.38. The third kappa shape index (κ3) is 3.96. The van der Waals surface area contributed by atoms with Gasteiger partial charge in [0.05, 0.1) is 23.9 Å². The van der Waals surface area contributed by atoms with Crippen LogP contribution in [0.2, 0.25) is 0 Å². The molecule has 0 bridgehead atoms. The molecule has 0 saturated carbocycles. The van der Waals surface area contributed by atoms with Crippen LogP contribution in [0.3, 0.4) is 0 Å². The quantitative estimate of drug-likeness (QED) is 0.805. The van der Waals surface area contributed by atoms with Gasteiger partial charge in [-0.1, -0.05) is 36.4 Å². The first-order valence-corrected chi connectivity index (χ1v) is 10.1. The fourth-order valence-electron chi connectivity index (χ4n) is 3.37. The fraction of sp³-hybridized carbons (Fsp3) is 0.421. The summed E-state index contributed by atoms with van der Waals surface area (Å²) in [7, 11) is -2.06. The van der Waals surface area contributed by atoms with Gasteiger partial charge in [0.25, 0.3) is 10.2 Å². The molecule has 0 unspecified atom stereocenters. The zero-order chi connectivity index (χ0) is 18.7. The van der Waals surface area contributed by atoms with Gasteiger partial charge in [-0.15, -0.1) is 0 Å². The maximum atomic E-state index is 13.3. The average molecular weight is 375 g/mol. The molecule has 140 valence electrons. The second kappa shape index (κ2) is 7.84. The van der Waals surface area contributed by atoms with E-state index >= 15 is 0 Å². The molecule has 0 amide bonds. The summed E-state index contributed by atoms with van der Waals surface area (Å²) in [5, 5.41) is 0. The first-order chi connectivity index (χ1) is 12.4. The van der Waals surface area contributed by atoms with Crippen LogP contribution in [0.4, 0.5) is 0 Å². The molecular weight excluding hydrogens is 350 g/mol. The Hall–Kier alpha value is -1.80. The second-order valence-electron chi connectivity index (χ2n) is 6.67. The summed E-state index contributed by atoms with van der Waals surface area (Å²) in [6.07, 6.45) is 1.42. The SMILES string of the molecule is C[C@@H]1CN(S(=O)(=O)N(C)[C@@H](c2ccccc2)c2ccccn2)C[C@@H](C)O1. The molecule has 0 aliphatic carbocycles. The number of morpholine rings is 1. The van der Waals surface area contributed by atoms with E-state index in [1.165, 1.54) is 8.61 Å². The predicted molar refractivity (Wildman–Crippen MR) is 101 cm³/mol. The first kappa shape index (κ1) is 19.0. The minimum Gasteiger partial charge on any atom is -0.373 e. The number of pyridine rings is 1. The number of ether oxygens (including phenoxy) is 1. The number of benzene rings is 1. The minimum atomic E-state index is -3.68. The number of nitrogens with zero attached hydrogens (tertiary/aromatic N) is 3. The van der Waals surface area contributed by atoms with E-state index in [1.54, 1.807) is 13.2 Å². The van der Waals surface area contributed by atoms with Crippen molar-refractivity contribution in [2.75, 3.05) is 20.1 Å². The van der Waals surface area contributed by atoms with Crippen molar-refractivity contribution < 1.29 is 13.2 Å². The van der Waals surface area contributed by atoms with Crippen LogP contribution < -0.4 is 0 Å². The van der Waals surface area contributed by atoms with Crippen molar-refractivity contribution in [2.24, 2.45) is 0 Å². The van der Waals surface area contributed by atoms with Crippen LogP contribution in [0.5, 0.6) is 0 Å². The Kier molecular flexibility index (Phi) is 5.72. The van der Waals surface area contributed by atoms with Crippen molar-refractivity contribution in [3.05, 3.63) is 66.0 Å². The van der Waals surface area contributed by atoms with Crippen LogP contribution in [0.15, 0.2) is 54.7 Å². The van der Waals surface area contributed by atoms with Crippen molar-refractivity contribution in [1.29, 1.82) is 0 Å². The molecule has 1 aliphatic heterocycles. The number of rotatable bonds is 5. The Balaban J connectivity index is 1.98. The normalized spacial score (nSPS) is 23.1. The Morgan fingerprint density at radius 3 is 2.27 bits per heavy atom. The molecule has 1 aromatic heterocycles. The first-order valence-electron chi connectivity index (χ1n) is 8.74. The molecule has 7 heteroatoms. The van der Waals surface area contributed by atoms with E-state index in [4.69, 9.17) is 4.74 Å². The van der Waals surface area contributed by atoms with E-state index in [-0.39, 0.29) is 12.2 Å². The van der Waals surface area contributed by atoms with Gasteiger partial charge in [-0.25, -0.2) is 0 Å². The zero-order valence-corrected chi connectivity index (χ0v) is 16.1. The van der Waals surface area contributed by atoms with Gasteiger partial charge in [0.1, 0.15) is 0 Å². The molecule has 0 radical (unpaired) electrons. The molecule has 6 nitrogen and oxygen atoms in total. The lowest BCUT2D eigenvalue weighted by atomic mass is 10.0. The monoisotopic (exact) mass is 375 g/mol. The lowest BCUT2D eigenvalue weighted by Gasteiger charge is -2.38. The largest absolute Gasteiger partial charge is 0.373 e. The van der Waals surface area contributed by atoms with Gasteiger partial charge in [0.15, 0.2) is 0 Å². The molecule has 2 aromatic rings. The molecule has 3 rings (SSSR count). The van der Waals surface area contributed by atoms with Crippen LogP contribution in [0.1, 0.15) is 31.1 Å². The zero-order valence-electron chi connectivity index (χ0n) is 15.3. The number of hydrogen-bond donors (Lipinski definition) is 0. The van der Waals surface area contributed by atoms with Crippen molar-refractivity contribution in [3.8, 4) is 0 Å². The second-order valence-corrected chi connectivity index (χ2v) is 8.65. The van der Waals surface area contributed by atoms with Crippen molar-refractivity contribution >= 4 is 10.2 Å². The molecule has 2 heterocycles. The maximum Gasteiger partial charge on any atom is 0.282 e. The standard InChI is InChI=1S/C19H25N3O3S/c1-15-13-22(14-16(2)25-15)26(23,24)21(3)19(17-9-5-4-6-10-17)18-11-7-8-12-20-18/h4-12,15-16,19H,13-14H2,1-3H3/t15-,16-,19+/m1/s1. The highest BCUT2D eigenvalue weighted by atomic mass is 32.2. The van der Waals surface area contributed by atoms with E-state index in [0.717, 1.165) is 5.56 Å². The van der Waals surface area contributed by atoms with Gasteiger partial charge in [-0.05, 0) is 31.5 Å². The highest BCUT2D eigenvalue weighted by Crippen LogP contribution is 2.30. The topological polar surface area (TPSA) is 62.7 Å². The molecule has 3 atom stereocenters. The average Bonchev–Trinajstić information content (AvgIpc) is 2.63. The molecule has 1 aromatic carbocycles. The smallest absolute Gasteiger partial charge is 0.282 e. The lowest BCUT2D eigenvalue weighted by Crippen LogP contribution is -2.52. The Morgan fingerprint density at radius 1 is 1.08 bits per heavy atom. The van der Waals surface area contributed by atoms with E-state index in [2.05, 4.69) is 4.98 Å². The highest BCUT2D eigenvalue weighted by molar-refractivity contribution is 7.86. The summed E-state index contributed by atoms with van der Waals surface area (Å²) in [4.78, 5) is 4.42. The van der Waals surface area contributed by atoms with Gasteiger partial charge < -0.3 is 4.74 Å². The minimum absolute atomic E-state index is 0.132. The molecule has 1 aliphatic rings. The Labute approximate surface area is 155 Å². The molecule has 0 spiro atoms. The molecule has 1 saturated heterocycles. The van der Waals surface area contributed by atoms with Crippen LogP contribution in [-0.4, -0.2) is 54.4 Å². The van der Waals surface area contributed by atoms with Crippen LogP contribution in [0.25, 0.3) is 0 Å². The molecule has 0 N–H and O–H groups in total. The summed E-state index contributed by atoms with van der Waals surface area (Å²) >= 11 is 0. The van der Waals surface area contributed by atoms with Crippen molar-refractivity contribution in [1.82, 2.24) is 13.6 Å². The summed E-state index contributed by atoms with van der Waals surface area (Å²) in [6, 6.07) is 14.6. The number of aromatic nitrogens is 1. The van der Waals surface area contributed by atoms with E-state index < -0.39 is 16.3 Å². The van der Waals surface area contributed by atoms with Crippen molar-refractivity contribution in [2.45, 2.75) is 32.1 Å². The van der Waals surface area contributed by atoms with Crippen molar-refractivity contribution in [3.63, 3.8) is 0 Å². The third-order valence-corrected chi connectivity index (χ3v) is 6.41. The van der Waals surface area contributed by atoms with Gasteiger partial charge >= 0.3 is 0 Å². The molecule has 1 fully saturated rings. The van der Waals surface area contributed by atoms with E-state index in [1.807, 2.05) is 62.4 Å². The number of hydrogen-bond acceptors (Lipinski definition) is 4. The predicted octanol–water partition coefficient (Wildman–Crippen LogP) is 2.46.